The van der Waals surface area contributed by atoms with Crippen molar-refractivity contribution in [3.05, 3.63) is 35.8 Å². The van der Waals surface area contributed by atoms with Gasteiger partial charge in [-0.1, -0.05) is 0 Å². The zero-order valence-electron chi connectivity index (χ0n) is 21.8. The summed E-state index contributed by atoms with van der Waals surface area (Å²) in [6, 6.07) is 1.51. The van der Waals surface area contributed by atoms with Gasteiger partial charge >= 0.3 is 6.18 Å². The van der Waals surface area contributed by atoms with Crippen LogP contribution in [0.15, 0.2) is 24.7 Å². The number of nitrogen functional groups attached to an aromatic ring is 1. The number of anilines is 1. The first-order valence-corrected chi connectivity index (χ1v) is 13.9. The van der Waals surface area contributed by atoms with Crippen molar-refractivity contribution in [3.63, 3.8) is 0 Å². The van der Waals surface area contributed by atoms with Crippen molar-refractivity contribution in [2.24, 2.45) is 0 Å². The van der Waals surface area contributed by atoms with Crippen LogP contribution in [-0.2, 0) is 16.6 Å². The van der Waals surface area contributed by atoms with E-state index in [-0.39, 0.29) is 23.8 Å². The first kappa shape index (κ1) is 29.8. The average molecular weight is 623 g/mol. The van der Waals surface area contributed by atoms with Crippen molar-refractivity contribution in [2.75, 3.05) is 44.8 Å². The van der Waals surface area contributed by atoms with Gasteiger partial charge in [-0.15, -0.1) is 0 Å². The van der Waals surface area contributed by atoms with Crippen LogP contribution in [0.2, 0.25) is 0 Å². The molecule has 0 bridgehead atoms. The maximum atomic E-state index is 14.7. The Morgan fingerprint density at radius 1 is 1.21 bits per heavy atom. The number of rotatable bonds is 8. The van der Waals surface area contributed by atoms with Gasteiger partial charge in [-0.05, 0) is 17.7 Å². The number of nitrogens with two attached hydrogens (primary N) is 1. The Labute approximate surface area is 234 Å². The molecule has 2 aliphatic heterocycles. The van der Waals surface area contributed by atoms with Crippen molar-refractivity contribution in [1.29, 1.82) is 0 Å². The Bertz CT molecular complexity index is 1620. The zero-order valence-corrected chi connectivity index (χ0v) is 22.6. The Kier molecular flexibility index (Phi) is 7.46. The molecule has 3 aromatic heterocycles. The molecule has 3 aromatic rings. The number of amides is 1. The summed E-state index contributed by atoms with van der Waals surface area (Å²) in [5, 5.41) is 6.51. The van der Waals surface area contributed by atoms with Crippen LogP contribution in [0.25, 0.3) is 16.8 Å². The van der Waals surface area contributed by atoms with Crippen LogP contribution in [-0.4, -0.2) is 106 Å². The van der Waals surface area contributed by atoms with Gasteiger partial charge in [-0.3, -0.25) is 9.69 Å². The van der Waals surface area contributed by atoms with E-state index in [0.29, 0.717) is 26.6 Å². The summed E-state index contributed by atoms with van der Waals surface area (Å²) in [4.78, 5) is 22.8. The molecule has 5 rings (SSSR count). The quantitative estimate of drug-likeness (QED) is 0.357. The number of halogens is 6. The minimum Gasteiger partial charge on any atom is -0.480 e. The van der Waals surface area contributed by atoms with Gasteiger partial charge in [-0.25, -0.2) is 36.1 Å². The molecule has 5 heterocycles. The number of ether oxygens (including phenoxy) is 1. The molecule has 0 unspecified atom stereocenters. The van der Waals surface area contributed by atoms with Crippen LogP contribution < -0.4 is 15.8 Å². The Morgan fingerprint density at radius 2 is 1.93 bits per heavy atom. The Hall–Kier alpha value is -3.71. The number of fused-ring (bicyclic) bond motifs is 1. The van der Waals surface area contributed by atoms with Crippen LogP contribution in [0.1, 0.15) is 15.9 Å². The van der Waals surface area contributed by atoms with Crippen molar-refractivity contribution < 1.29 is 44.3 Å². The Balaban J connectivity index is 1.42. The van der Waals surface area contributed by atoms with Gasteiger partial charge in [0.15, 0.2) is 11.6 Å². The zero-order chi connectivity index (χ0) is 30.6. The van der Waals surface area contributed by atoms with E-state index in [1.54, 1.807) is 6.07 Å². The summed E-state index contributed by atoms with van der Waals surface area (Å²) in [6.07, 6.45) is -4.48. The summed E-state index contributed by atoms with van der Waals surface area (Å²) in [7, 11) is -3.64. The second-order valence-electron chi connectivity index (χ2n) is 10.0. The predicted molar refractivity (Wildman–Crippen MR) is 135 cm³/mol. The monoisotopic (exact) mass is 622 g/mol. The lowest BCUT2D eigenvalue weighted by molar-refractivity contribution is -0.133. The van der Waals surface area contributed by atoms with E-state index in [2.05, 4.69) is 20.4 Å². The highest BCUT2D eigenvalue weighted by Crippen LogP contribution is 2.34. The summed E-state index contributed by atoms with van der Waals surface area (Å²) < 4.78 is 111. The van der Waals surface area contributed by atoms with Crippen LogP contribution in [0, 0.1) is 0 Å². The Morgan fingerprint density at radius 3 is 2.57 bits per heavy atom. The number of carbonyl (C=O) groups excluding carboxylic acids is 1. The third-order valence-corrected chi connectivity index (χ3v) is 8.60. The highest BCUT2D eigenvalue weighted by Gasteiger charge is 2.45. The molecule has 0 radical (unpaired) electrons. The minimum atomic E-state index is -5.02. The summed E-state index contributed by atoms with van der Waals surface area (Å²) >= 11 is 0. The van der Waals surface area contributed by atoms with Crippen molar-refractivity contribution in [1.82, 2.24) is 34.1 Å². The number of hydrogen-bond acceptors (Lipinski definition) is 9. The van der Waals surface area contributed by atoms with Crippen molar-refractivity contribution in [3.8, 4) is 17.1 Å². The fourth-order valence-electron chi connectivity index (χ4n) is 4.99. The van der Waals surface area contributed by atoms with Gasteiger partial charge in [0, 0.05) is 31.4 Å². The second kappa shape index (κ2) is 10.5. The van der Waals surface area contributed by atoms with Gasteiger partial charge in [0.05, 0.1) is 31.9 Å². The molecule has 12 nitrogen and oxygen atoms in total. The standard InChI is InChI=1S/C23H24F6N8O4S/c1-41-21-14(20(38)34-16-7-36(6-15(16)24)42(39,40)10-23(27,28)29)2-12(4-31-21)17-3-13(5-35-8-22(25,26)9-35)18-19(30)32-11-33-37(17)18/h2-4,11,15-16H,5-10H2,1H3,(H,34,38)(H2,30,32,33)/t15-,16+/m0/s1. The summed E-state index contributed by atoms with van der Waals surface area (Å²) in [5.74, 6) is -5.97. The summed E-state index contributed by atoms with van der Waals surface area (Å²) in [6.45, 7) is -2.33. The molecule has 0 aliphatic carbocycles. The predicted octanol–water partition coefficient (Wildman–Crippen LogP) is 1.48. The number of hydrogen-bond donors (Lipinski definition) is 2. The van der Waals surface area contributed by atoms with E-state index in [9.17, 15) is 39.6 Å². The van der Waals surface area contributed by atoms with Crippen LogP contribution >= 0.6 is 0 Å². The first-order valence-electron chi connectivity index (χ1n) is 12.3. The molecule has 2 fully saturated rings. The molecule has 42 heavy (non-hydrogen) atoms. The highest BCUT2D eigenvalue weighted by molar-refractivity contribution is 7.89. The van der Waals surface area contributed by atoms with Crippen LogP contribution in [0.4, 0.5) is 32.2 Å². The molecular formula is C23H24F6N8O4S. The molecule has 2 saturated heterocycles. The molecule has 2 atom stereocenters. The van der Waals surface area contributed by atoms with Gasteiger partial charge in [0.25, 0.3) is 11.8 Å². The molecular weight excluding hydrogens is 598 g/mol. The number of pyridine rings is 1. The van der Waals surface area contributed by atoms with Crippen molar-refractivity contribution in [2.45, 2.75) is 30.9 Å². The second-order valence-corrected chi connectivity index (χ2v) is 12.0. The maximum Gasteiger partial charge on any atom is 0.404 e. The number of aromatic nitrogens is 4. The third-order valence-electron chi connectivity index (χ3n) is 6.82. The lowest BCUT2D eigenvalue weighted by Gasteiger charge is -2.38. The smallest absolute Gasteiger partial charge is 0.404 e. The molecule has 0 saturated carbocycles. The number of likely N-dealkylation sites (tertiary alicyclic amines) is 1. The molecule has 0 aromatic carbocycles. The number of methoxy groups -OCH3 is 1. The number of alkyl halides is 6. The van der Waals surface area contributed by atoms with E-state index >= 15 is 0 Å². The third kappa shape index (κ3) is 5.93. The van der Waals surface area contributed by atoms with Gasteiger partial charge < -0.3 is 15.8 Å². The number of nitrogens with zero attached hydrogens (tertiary/aromatic N) is 6. The lowest BCUT2D eigenvalue weighted by Crippen LogP contribution is -2.55. The highest BCUT2D eigenvalue weighted by atomic mass is 32.2. The van der Waals surface area contributed by atoms with E-state index in [4.69, 9.17) is 10.5 Å². The number of carbonyl (C=O) groups is 1. The first-order chi connectivity index (χ1) is 19.6. The van der Waals surface area contributed by atoms with E-state index in [0.717, 1.165) is 0 Å². The van der Waals surface area contributed by atoms with E-state index in [1.165, 1.54) is 35.1 Å². The largest absolute Gasteiger partial charge is 0.480 e. The molecule has 228 valence electrons. The van der Waals surface area contributed by atoms with E-state index < -0.39 is 72.2 Å². The van der Waals surface area contributed by atoms with E-state index in [1.807, 2.05) is 0 Å². The van der Waals surface area contributed by atoms with Gasteiger partial charge in [0.2, 0.25) is 15.9 Å². The fourth-order valence-corrected chi connectivity index (χ4v) is 6.34. The van der Waals surface area contributed by atoms with Crippen molar-refractivity contribution >= 4 is 27.3 Å². The minimum absolute atomic E-state index is 0.0817. The maximum absolute atomic E-state index is 14.7. The molecule has 0 spiro atoms. The SMILES string of the molecule is COc1ncc(-c2cc(CN3CC(F)(F)C3)c3c(N)ncnn23)cc1C(=O)N[C@@H]1CN(S(=O)(=O)CC(F)(F)F)C[C@@H]1F. The molecule has 1 amide bonds. The van der Waals surface area contributed by atoms with Gasteiger partial charge in [0.1, 0.15) is 23.6 Å². The van der Waals surface area contributed by atoms with Crippen LogP contribution in [0.5, 0.6) is 5.88 Å². The number of nitrogens with one attached hydrogen (secondary N) is 1. The van der Waals surface area contributed by atoms with Gasteiger partial charge in [-0.2, -0.15) is 22.6 Å². The van der Waals surface area contributed by atoms with Crippen LogP contribution in [0.3, 0.4) is 0 Å². The normalized spacial score (nSPS) is 21.4. The lowest BCUT2D eigenvalue weighted by atomic mass is 10.1. The molecule has 19 heteroatoms. The fraction of sp³-hybridized carbons (Fsp3) is 0.478. The summed E-state index contributed by atoms with van der Waals surface area (Å²) in [5.41, 5.74) is 7.41. The average Bonchev–Trinajstić information content (AvgIpc) is 3.43. The molecule has 2 aliphatic rings. The number of sulfonamides is 1. The molecule has 3 N–H and O–H groups in total. The topological polar surface area (TPSA) is 148 Å².